The fourth-order valence-electron chi connectivity index (χ4n) is 1.07. The van der Waals surface area contributed by atoms with Crippen LogP contribution in [0.1, 0.15) is 27.2 Å². The smallest absolute Gasteiger partial charge is 0.248 e. The monoisotopic (exact) mass is 199 g/mol. The van der Waals surface area contributed by atoms with Gasteiger partial charge >= 0.3 is 0 Å². The maximum Gasteiger partial charge on any atom is 0.248 e. The molecule has 82 valence electrons. The largest absolute Gasteiger partial charge is 0.369 e. The van der Waals surface area contributed by atoms with E-state index in [9.17, 15) is 4.79 Å². The zero-order chi connectivity index (χ0) is 11.0. The lowest BCUT2D eigenvalue weighted by atomic mass is 10.4. The van der Waals surface area contributed by atoms with Gasteiger partial charge in [0.2, 0.25) is 5.91 Å². The van der Waals surface area contributed by atoms with E-state index in [0.29, 0.717) is 6.54 Å². The summed E-state index contributed by atoms with van der Waals surface area (Å²) in [6.45, 7) is 11.1. The minimum Gasteiger partial charge on any atom is -0.369 e. The van der Waals surface area contributed by atoms with Gasteiger partial charge in [0.1, 0.15) is 6.61 Å². The molecule has 0 saturated carbocycles. The predicted molar refractivity (Wildman–Crippen MR) is 58.2 cm³/mol. The highest BCUT2D eigenvalue weighted by Gasteiger charge is 2.11. The van der Waals surface area contributed by atoms with E-state index in [1.54, 1.807) is 11.0 Å². The topological polar surface area (TPSA) is 29.5 Å². The maximum absolute atomic E-state index is 11.6. The molecule has 0 aliphatic heterocycles. The molecule has 0 unspecified atom stereocenters. The minimum atomic E-state index is 0.0421. The Balaban J connectivity index is 3.94. The van der Waals surface area contributed by atoms with Crippen LogP contribution in [-0.4, -0.2) is 36.6 Å². The van der Waals surface area contributed by atoms with Gasteiger partial charge in [0.15, 0.2) is 0 Å². The number of carbonyl (C=O) groups excluding carboxylic acids is 1. The van der Waals surface area contributed by atoms with Crippen molar-refractivity contribution in [1.82, 2.24) is 4.90 Å². The first-order valence-corrected chi connectivity index (χ1v) is 5.12. The summed E-state index contributed by atoms with van der Waals surface area (Å²) in [5.74, 6) is 0.0421. The van der Waals surface area contributed by atoms with E-state index in [-0.39, 0.29) is 18.6 Å². The molecule has 0 aliphatic carbocycles. The molecule has 0 fully saturated rings. The highest BCUT2D eigenvalue weighted by atomic mass is 16.5. The van der Waals surface area contributed by atoms with Crippen LogP contribution in [0.2, 0.25) is 0 Å². The van der Waals surface area contributed by atoms with Gasteiger partial charge in [-0.05, 0) is 20.3 Å². The Hall–Kier alpha value is -0.830. The van der Waals surface area contributed by atoms with Gasteiger partial charge in [0, 0.05) is 13.1 Å². The molecule has 3 heteroatoms. The van der Waals surface area contributed by atoms with E-state index in [1.165, 1.54) is 0 Å². The first-order chi connectivity index (χ1) is 6.61. The Morgan fingerprint density at radius 1 is 1.57 bits per heavy atom. The normalized spacial score (nSPS) is 10.3. The van der Waals surface area contributed by atoms with Gasteiger partial charge in [-0.2, -0.15) is 0 Å². The van der Waals surface area contributed by atoms with Crippen molar-refractivity contribution in [3.8, 4) is 0 Å². The highest BCUT2D eigenvalue weighted by Crippen LogP contribution is 1.96. The molecule has 0 rings (SSSR count). The SMILES string of the molecule is C=CCN(CCC)C(=O)COC(C)C. The van der Waals surface area contributed by atoms with Crippen LogP contribution in [0.4, 0.5) is 0 Å². The summed E-state index contributed by atoms with van der Waals surface area (Å²) in [6, 6.07) is 0. The molecule has 0 heterocycles. The number of carbonyl (C=O) groups is 1. The summed E-state index contributed by atoms with van der Waals surface area (Å²) >= 11 is 0. The van der Waals surface area contributed by atoms with Crippen LogP contribution < -0.4 is 0 Å². The molecule has 0 aromatic rings. The number of rotatable bonds is 7. The van der Waals surface area contributed by atoms with Crippen molar-refractivity contribution in [2.45, 2.75) is 33.3 Å². The molecule has 0 N–H and O–H groups in total. The Morgan fingerprint density at radius 2 is 2.21 bits per heavy atom. The zero-order valence-electron chi connectivity index (χ0n) is 9.45. The molecule has 1 amide bonds. The van der Waals surface area contributed by atoms with Crippen molar-refractivity contribution in [3.63, 3.8) is 0 Å². The number of amides is 1. The second kappa shape index (κ2) is 7.56. The Bertz CT molecular complexity index is 178. The Kier molecular flexibility index (Phi) is 7.11. The Morgan fingerprint density at radius 3 is 2.64 bits per heavy atom. The van der Waals surface area contributed by atoms with Crippen molar-refractivity contribution >= 4 is 5.91 Å². The highest BCUT2D eigenvalue weighted by molar-refractivity contribution is 5.77. The summed E-state index contributed by atoms with van der Waals surface area (Å²) in [5, 5.41) is 0. The third-order valence-corrected chi connectivity index (χ3v) is 1.74. The average Bonchev–Trinajstić information content (AvgIpc) is 2.14. The molecule has 0 aromatic heterocycles. The van der Waals surface area contributed by atoms with Crippen molar-refractivity contribution in [1.29, 1.82) is 0 Å². The lowest BCUT2D eigenvalue weighted by Gasteiger charge is -2.20. The van der Waals surface area contributed by atoms with Crippen LogP contribution in [0.25, 0.3) is 0 Å². The van der Waals surface area contributed by atoms with Crippen LogP contribution in [0.15, 0.2) is 12.7 Å². The molecule has 3 nitrogen and oxygen atoms in total. The minimum absolute atomic E-state index is 0.0421. The van der Waals surface area contributed by atoms with Gasteiger partial charge in [-0.15, -0.1) is 6.58 Å². The van der Waals surface area contributed by atoms with Crippen molar-refractivity contribution in [2.24, 2.45) is 0 Å². The fourth-order valence-corrected chi connectivity index (χ4v) is 1.07. The van der Waals surface area contributed by atoms with E-state index >= 15 is 0 Å². The van der Waals surface area contributed by atoms with Gasteiger partial charge in [-0.3, -0.25) is 4.79 Å². The van der Waals surface area contributed by atoms with Crippen LogP contribution in [-0.2, 0) is 9.53 Å². The van der Waals surface area contributed by atoms with Crippen LogP contribution in [0.5, 0.6) is 0 Å². The summed E-state index contributed by atoms with van der Waals surface area (Å²) in [5.41, 5.74) is 0. The Labute approximate surface area is 86.7 Å². The van der Waals surface area contributed by atoms with Gasteiger partial charge < -0.3 is 9.64 Å². The van der Waals surface area contributed by atoms with E-state index in [0.717, 1.165) is 13.0 Å². The number of ether oxygens (including phenoxy) is 1. The van der Waals surface area contributed by atoms with Gasteiger partial charge in [-0.1, -0.05) is 13.0 Å². The van der Waals surface area contributed by atoms with Crippen LogP contribution >= 0.6 is 0 Å². The zero-order valence-corrected chi connectivity index (χ0v) is 9.45. The average molecular weight is 199 g/mol. The van der Waals surface area contributed by atoms with Crippen molar-refractivity contribution < 1.29 is 9.53 Å². The standard InChI is InChI=1S/C11H21NO2/c1-5-7-12(8-6-2)11(13)9-14-10(3)4/h5,10H,1,6-9H2,2-4H3. The van der Waals surface area contributed by atoms with Crippen LogP contribution in [0.3, 0.4) is 0 Å². The molecule has 0 radical (unpaired) electrons. The first-order valence-electron chi connectivity index (χ1n) is 5.12. The predicted octanol–water partition coefficient (Wildman–Crippen LogP) is 1.84. The molecule has 0 saturated heterocycles. The van der Waals surface area contributed by atoms with Crippen molar-refractivity contribution in [3.05, 3.63) is 12.7 Å². The van der Waals surface area contributed by atoms with Crippen LogP contribution in [0, 0.1) is 0 Å². The maximum atomic E-state index is 11.6. The van der Waals surface area contributed by atoms with Gasteiger partial charge in [-0.25, -0.2) is 0 Å². The first kappa shape index (κ1) is 13.2. The summed E-state index contributed by atoms with van der Waals surface area (Å²) < 4.78 is 5.25. The fraction of sp³-hybridized carbons (Fsp3) is 0.727. The van der Waals surface area contributed by atoms with E-state index in [1.807, 2.05) is 20.8 Å². The number of hydrogen-bond donors (Lipinski definition) is 0. The number of nitrogens with zero attached hydrogens (tertiary/aromatic N) is 1. The van der Waals surface area contributed by atoms with E-state index < -0.39 is 0 Å². The second-order valence-corrected chi connectivity index (χ2v) is 3.49. The quantitative estimate of drug-likeness (QED) is 0.585. The summed E-state index contributed by atoms with van der Waals surface area (Å²) in [7, 11) is 0. The van der Waals surface area contributed by atoms with Crippen molar-refractivity contribution in [2.75, 3.05) is 19.7 Å². The van der Waals surface area contributed by atoms with E-state index in [4.69, 9.17) is 4.74 Å². The molecule has 0 aliphatic rings. The van der Waals surface area contributed by atoms with Gasteiger partial charge in [0.25, 0.3) is 0 Å². The molecule has 0 spiro atoms. The lowest BCUT2D eigenvalue weighted by molar-refractivity contribution is -0.137. The van der Waals surface area contributed by atoms with Gasteiger partial charge in [0.05, 0.1) is 6.10 Å². The molecule has 0 atom stereocenters. The summed E-state index contributed by atoms with van der Waals surface area (Å²) in [4.78, 5) is 13.3. The number of hydrogen-bond acceptors (Lipinski definition) is 2. The molecule has 0 bridgehead atoms. The molecule has 0 aromatic carbocycles. The third kappa shape index (κ3) is 5.75. The molecular formula is C11H21NO2. The molecular weight excluding hydrogens is 178 g/mol. The molecule has 14 heavy (non-hydrogen) atoms. The lowest BCUT2D eigenvalue weighted by Crippen LogP contribution is -2.35. The second-order valence-electron chi connectivity index (χ2n) is 3.49. The third-order valence-electron chi connectivity index (χ3n) is 1.74. The summed E-state index contributed by atoms with van der Waals surface area (Å²) in [6.07, 6.45) is 2.80. The van der Waals surface area contributed by atoms with E-state index in [2.05, 4.69) is 6.58 Å².